The fraction of sp³-hybridized carbons (Fsp3) is 0. The molecule has 0 saturated carbocycles. The number of nitrogens with one attached hydrogen (secondary N) is 1. The molecule has 0 radical (unpaired) electrons. The SMILES string of the molecule is O=[N+]([O-])c1ccc(NS(=O)(=O)c2ccccc2Br)cc1Br. The lowest BCUT2D eigenvalue weighted by atomic mass is 10.3. The van der Waals surface area contributed by atoms with Crippen LogP contribution in [-0.2, 0) is 10.0 Å². The summed E-state index contributed by atoms with van der Waals surface area (Å²) in [7, 11) is -3.78. The maximum atomic E-state index is 12.3. The molecule has 2 rings (SSSR count). The smallest absolute Gasteiger partial charge is 0.280 e. The van der Waals surface area contributed by atoms with Gasteiger partial charge in [0.1, 0.15) is 4.90 Å². The van der Waals surface area contributed by atoms with E-state index >= 15 is 0 Å². The number of anilines is 1. The summed E-state index contributed by atoms with van der Waals surface area (Å²) in [6.07, 6.45) is 0. The number of nitrogens with zero attached hydrogens (tertiary/aromatic N) is 1. The zero-order valence-corrected chi connectivity index (χ0v) is 14.3. The fourth-order valence-corrected chi connectivity index (χ4v) is 4.17. The minimum Gasteiger partial charge on any atom is -0.280 e. The molecule has 2 aromatic carbocycles. The second-order valence-electron chi connectivity index (χ2n) is 3.96. The van der Waals surface area contributed by atoms with Crippen molar-refractivity contribution >= 4 is 53.3 Å². The summed E-state index contributed by atoms with van der Waals surface area (Å²) in [5.41, 5.74) is 0.0852. The lowest BCUT2D eigenvalue weighted by molar-refractivity contribution is -0.385. The van der Waals surface area contributed by atoms with Crippen LogP contribution in [0.3, 0.4) is 0 Å². The van der Waals surface area contributed by atoms with Crippen molar-refractivity contribution in [3.8, 4) is 0 Å². The van der Waals surface area contributed by atoms with Crippen LogP contribution in [0.2, 0.25) is 0 Å². The highest BCUT2D eigenvalue weighted by atomic mass is 79.9. The fourth-order valence-electron chi connectivity index (χ4n) is 1.59. The van der Waals surface area contributed by atoms with Crippen LogP contribution in [0.4, 0.5) is 11.4 Å². The van der Waals surface area contributed by atoms with E-state index in [1.165, 1.54) is 24.3 Å². The molecule has 9 heteroatoms. The van der Waals surface area contributed by atoms with Gasteiger partial charge in [-0.1, -0.05) is 12.1 Å². The van der Waals surface area contributed by atoms with E-state index in [2.05, 4.69) is 36.6 Å². The van der Waals surface area contributed by atoms with E-state index in [4.69, 9.17) is 0 Å². The van der Waals surface area contributed by atoms with E-state index in [0.29, 0.717) is 4.47 Å². The number of rotatable bonds is 4. The number of nitro groups is 1. The van der Waals surface area contributed by atoms with Crippen molar-refractivity contribution < 1.29 is 13.3 Å². The van der Waals surface area contributed by atoms with E-state index in [0.717, 1.165) is 0 Å². The highest BCUT2D eigenvalue weighted by Crippen LogP contribution is 2.29. The minimum absolute atomic E-state index is 0.0828. The van der Waals surface area contributed by atoms with Crippen molar-refractivity contribution in [2.45, 2.75) is 4.90 Å². The molecule has 6 nitrogen and oxygen atoms in total. The van der Waals surface area contributed by atoms with Gasteiger partial charge in [-0.05, 0) is 56.1 Å². The second-order valence-corrected chi connectivity index (χ2v) is 7.32. The summed E-state index contributed by atoms with van der Waals surface area (Å²) in [5, 5.41) is 10.7. The summed E-state index contributed by atoms with van der Waals surface area (Å²) in [5.74, 6) is 0. The number of hydrogen-bond donors (Lipinski definition) is 1. The summed E-state index contributed by atoms with van der Waals surface area (Å²) < 4.78 is 27.5. The summed E-state index contributed by atoms with van der Waals surface area (Å²) in [4.78, 5) is 10.2. The van der Waals surface area contributed by atoms with Gasteiger partial charge in [0.05, 0.1) is 15.1 Å². The maximum absolute atomic E-state index is 12.3. The molecule has 0 saturated heterocycles. The lowest BCUT2D eigenvalue weighted by Gasteiger charge is -2.09. The molecule has 2 aromatic rings. The number of halogens is 2. The summed E-state index contributed by atoms with van der Waals surface area (Å²) in [6, 6.07) is 10.3. The highest BCUT2D eigenvalue weighted by Gasteiger charge is 2.19. The van der Waals surface area contributed by atoms with Crippen molar-refractivity contribution in [3.63, 3.8) is 0 Å². The molecule has 0 fully saturated rings. The zero-order valence-electron chi connectivity index (χ0n) is 10.3. The van der Waals surface area contributed by atoms with Crippen LogP contribution in [0.25, 0.3) is 0 Å². The Morgan fingerprint density at radius 3 is 2.29 bits per heavy atom. The van der Waals surface area contributed by atoms with Gasteiger partial charge in [-0.15, -0.1) is 0 Å². The number of hydrogen-bond acceptors (Lipinski definition) is 4. The molecule has 0 aromatic heterocycles. The average Bonchev–Trinajstić information content (AvgIpc) is 2.38. The van der Waals surface area contributed by atoms with Gasteiger partial charge in [-0.2, -0.15) is 0 Å². The van der Waals surface area contributed by atoms with Crippen LogP contribution >= 0.6 is 31.9 Å². The monoisotopic (exact) mass is 434 g/mol. The standard InChI is InChI=1S/C12H8Br2N2O4S/c13-9-3-1-2-4-12(9)21(19,20)15-8-5-6-11(16(17)18)10(14)7-8/h1-7,15H. The molecule has 110 valence electrons. The van der Waals surface area contributed by atoms with Crippen LogP contribution < -0.4 is 4.72 Å². The number of benzene rings is 2. The van der Waals surface area contributed by atoms with Crippen LogP contribution in [0.15, 0.2) is 56.3 Å². The van der Waals surface area contributed by atoms with Crippen LogP contribution in [-0.4, -0.2) is 13.3 Å². The molecular weight excluding hydrogens is 428 g/mol. The largest absolute Gasteiger partial charge is 0.283 e. The van der Waals surface area contributed by atoms with E-state index in [1.807, 2.05) is 0 Å². The topological polar surface area (TPSA) is 89.3 Å². The first-order valence-corrected chi connectivity index (χ1v) is 8.59. The zero-order chi connectivity index (χ0) is 15.6. The second kappa shape index (κ2) is 6.12. The quantitative estimate of drug-likeness (QED) is 0.582. The van der Waals surface area contributed by atoms with Crippen molar-refractivity contribution in [2.75, 3.05) is 4.72 Å². The van der Waals surface area contributed by atoms with Gasteiger partial charge in [0, 0.05) is 10.5 Å². The Morgan fingerprint density at radius 2 is 1.71 bits per heavy atom. The summed E-state index contributed by atoms with van der Waals surface area (Å²) >= 11 is 6.21. The Hall–Kier alpha value is -1.45. The molecule has 0 heterocycles. The first-order valence-electron chi connectivity index (χ1n) is 5.52. The van der Waals surface area contributed by atoms with Crippen molar-refractivity contribution in [1.82, 2.24) is 0 Å². The minimum atomic E-state index is -3.78. The third kappa shape index (κ3) is 3.60. The Morgan fingerprint density at radius 1 is 1.05 bits per heavy atom. The van der Waals surface area contributed by atoms with E-state index in [1.54, 1.807) is 18.2 Å². The molecule has 0 unspecified atom stereocenters. The predicted molar refractivity (Wildman–Crippen MR) is 85.7 cm³/mol. The third-order valence-corrected chi connectivity index (χ3v) is 5.55. The normalized spacial score (nSPS) is 11.1. The molecule has 1 N–H and O–H groups in total. The van der Waals surface area contributed by atoms with Gasteiger partial charge in [0.2, 0.25) is 0 Å². The Labute approximate surface area is 137 Å². The molecule has 0 atom stereocenters. The summed E-state index contributed by atoms with van der Waals surface area (Å²) in [6.45, 7) is 0. The molecule has 0 aliphatic carbocycles. The van der Waals surface area contributed by atoms with Gasteiger partial charge in [-0.3, -0.25) is 14.8 Å². The Balaban J connectivity index is 2.36. The lowest BCUT2D eigenvalue weighted by Crippen LogP contribution is -2.13. The predicted octanol–water partition coefficient (Wildman–Crippen LogP) is 3.92. The molecule has 0 aliphatic heterocycles. The van der Waals surface area contributed by atoms with E-state index < -0.39 is 14.9 Å². The van der Waals surface area contributed by atoms with Crippen molar-refractivity contribution in [3.05, 3.63) is 61.5 Å². The van der Waals surface area contributed by atoms with E-state index in [-0.39, 0.29) is 20.7 Å². The van der Waals surface area contributed by atoms with Gasteiger partial charge in [0.15, 0.2) is 0 Å². The molecule has 0 aliphatic rings. The first-order chi connectivity index (χ1) is 9.81. The van der Waals surface area contributed by atoms with Crippen LogP contribution in [0.1, 0.15) is 0 Å². The van der Waals surface area contributed by atoms with Crippen molar-refractivity contribution in [2.24, 2.45) is 0 Å². The van der Waals surface area contributed by atoms with Crippen LogP contribution in [0, 0.1) is 10.1 Å². The number of nitro benzene ring substituents is 1. The first kappa shape index (κ1) is 15.9. The number of sulfonamides is 1. The van der Waals surface area contributed by atoms with Gasteiger partial charge in [0.25, 0.3) is 15.7 Å². The average molecular weight is 436 g/mol. The van der Waals surface area contributed by atoms with Crippen LogP contribution in [0.5, 0.6) is 0 Å². The highest BCUT2D eigenvalue weighted by molar-refractivity contribution is 9.10. The Bertz CT molecular complexity index is 809. The molecule has 0 bridgehead atoms. The molecule has 21 heavy (non-hydrogen) atoms. The van der Waals surface area contributed by atoms with E-state index in [9.17, 15) is 18.5 Å². The molecular formula is C12H8Br2N2O4S. The van der Waals surface area contributed by atoms with Gasteiger partial charge < -0.3 is 0 Å². The Kier molecular flexibility index (Phi) is 4.64. The van der Waals surface area contributed by atoms with Gasteiger partial charge in [-0.25, -0.2) is 8.42 Å². The van der Waals surface area contributed by atoms with Crippen molar-refractivity contribution in [1.29, 1.82) is 0 Å². The molecule has 0 spiro atoms. The maximum Gasteiger partial charge on any atom is 0.283 e. The third-order valence-electron chi connectivity index (χ3n) is 2.52. The molecule has 0 amide bonds. The van der Waals surface area contributed by atoms with Gasteiger partial charge >= 0.3 is 0 Å².